The Hall–Kier alpha value is -3.03. The van der Waals surface area contributed by atoms with Crippen LogP contribution >= 0.6 is 23.2 Å². The van der Waals surface area contributed by atoms with Crippen LogP contribution in [0.3, 0.4) is 0 Å². The molecule has 0 spiro atoms. The van der Waals surface area contributed by atoms with Crippen molar-refractivity contribution in [3.63, 3.8) is 0 Å². The molecule has 1 aliphatic rings. The van der Waals surface area contributed by atoms with Crippen molar-refractivity contribution in [2.24, 2.45) is 5.73 Å². The molecule has 0 aliphatic carbocycles. The lowest BCUT2D eigenvalue weighted by molar-refractivity contribution is -0.192. The third-order valence-electron chi connectivity index (χ3n) is 4.88. The van der Waals surface area contributed by atoms with Gasteiger partial charge in [0, 0.05) is 30.1 Å². The number of hydrogen-bond donors (Lipinski definition) is 4. The molecule has 0 bridgehead atoms. The Morgan fingerprint density at radius 3 is 2.22 bits per heavy atom. The van der Waals surface area contributed by atoms with Crippen LogP contribution in [0.1, 0.15) is 25.8 Å². The zero-order chi connectivity index (χ0) is 28.5. The first-order valence-corrected chi connectivity index (χ1v) is 11.5. The van der Waals surface area contributed by atoms with Gasteiger partial charge in [0.25, 0.3) is 5.91 Å². The molecule has 2 amide bonds. The van der Waals surface area contributed by atoms with Gasteiger partial charge in [0.2, 0.25) is 11.7 Å². The standard InChI is InChI=1S/C20H25Cl2N3O5.C2HF3O2/c1-3-7-25(8-6-12-4-5-13(21)9-14(12)22)19(27)18-17(24-11(2)26)15(23)10-16(30-18)20(28)29;3-2(4,5)1(6)7/h4-5,9-10,15,17-18H,3,6-8,23H2,1-2H3,(H,24,26)(H,28,29);(H,6,7)/t15-,17+,18+;/m0./s1. The number of halogens is 5. The second-order valence-electron chi connectivity index (χ2n) is 7.79. The van der Waals surface area contributed by atoms with Gasteiger partial charge >= 0.3 is 18.1 Å². The van der Waals surface area contributed by atoms with Gasteiger partial charge in [-0.1, -0.05) is 36.2 Å². The molecule has 2 rings (SSSR count). The molecule has 1 aliphatic heterocycles. The molecular formula is C22H26Cl2F3N3O7. The molecule has 0 radical (unpaired) electrons. The SMILES string of the molecule is CCCN(CCc1ccc(Cl)cc1Cl)C(=O)[C@@H]1OC(C(=O)O)=C[C@H](N)[C@H]1NC(C)=O.O=C(O)C(F)(F)F. The van der Waals surface area contributed by atoms with Gasteiger partial charge in [0.15, 0.2) is 6.10 Å². The van der Waals surface area contributed by atoms with Crippen LogP contribution in [-0.4, -0.2) is 76.3 Å². The first-order valence-electron chi connectivity index (χ1n) is 10.8. The average molecular weight is 572 g/mol. The highest BCUT2D eigenvalue weighted by Crippen LogP contribution is 2.23. The number of carbonyl (C=O) groups is 4. The van der Waals surface area contributed by atoms with E-state index in [1.165, 1.54) is 13.0 Å². The number of alkyl halides is 3. The maximum Gasteiger partial charge on any atom is 0.490 e. The van der Waals surface area contributed by atoms with E-state index in [1.807, 2.05) is 6.92 Å². The summed E-state index contributed by atoms with van der Waals surface area (Å²) in [5.41, 5.74) is 6.84. The minimum atomic E-state index is -5.08. The van der Waals surface area contributed by atoms with E-state index < -0.39 is 53.9 Å². The maximum atomic E-state index is 13.3. The third kappa shape index (κ3) is 10.1. The summed E-state index contributed by atoms with van der Waals surface area (Å²) < 4.78 is 37.2. The van der Waals surface area contributed by atoms with Crippen LogP contribution in [0.5, 0.6) is 0 Å². The van der Waals surface area contributed by atoms with E-state index in [-0.39, 0.29) is 0 Å². The highest BCUT2D eigenvalue weighted by Gasteiger charge is 2.42. The topological polar surface area (TPSA) is 159 Å². The second kappa shape index (κ2) is 14.1. The first kappa shape index (κ1) is 32.0. The lowest BCUT2D eigenvalue weighted by atomic mass is 9.97. The number of ether oxygens (including phenoxy) is 1. The lowest BCUT2D eigenvalue weighted by Crippen LogP contribution is -2.61. The molecule has 1 heterocycles. The minimum absolute atomic E-state index is 0.321. The van der Waals surface area contributed by atoms with E-state index in [4.69, 9.17) is 43.6 Å². The van der Waals surface area contributed by atoms with Crippen molar-refractivity contribution in [2.75, 3.05) is 13.1 Å². The number of hydrogen-bond acceptors (Lipinski definition) is 6. The van der Waals surface area contributed by atoms with E-state index >= 15 is 0 Å². The Labute approximate surface area is 220 Å². The largest absolute Gasteiger partial charge is 0.490 e. The number of carboxylic acid groups (broad SMARTS) is 2. The molecule has 0 fully saturated rings. The molecule has 1 aromatic carbocycles. The number of carboxylic acids is 2. The van der Waals surface area contributed by atoms with Crippen molar-refractivity contribution in [3.8, 4) is 0 Å². The predicted molar refractivity (Wildman–Crippen MR) is 127 cm³/mol. The first-order chi connectivity index (χ1) is 17.1. The molecule has 10 nitrogen and oxygen atoms in total. The van der Waals surface area contributed by atoms with Crippen molar-refractivity contribution >= 4 is 47.0 Å². The number of benzene rings is 1. The Morgan fingerprint density at radius 1 is 1.16 bits per heavy atom. The summed E-state index contributed by atoms with van der Waals surface area (Å²) in [6.45, 7) is 3.94. The Bertz CT molecular complexity index is 1040. The molecule has 0 saturated heterocycles. The molecular weight excluding hydrogens is 546 g/mol. The highest BCUT2D eigenvalue weighted by molar-refractivity contribution is 6.35. The number of aliphatic carboxylic acids is 2. The van der Waals surface area contributed by atoms with E-state index in [0.717, 1.165) is 5.56 Å². The van der Waals surface area contributed by atoms with Crippen molar-refractivity contribution in [1.82, 2.24) is 10.2 Å². The van der Waals surface area contributed by atoms with Crippen molar-refractivity contribution in [2.45, 2.75) is 51.1 Å². The average Bonchev–Trinajstić information content (AvgIpc) is 2.77. The summed E-state index contributed by atoms with van der Waals surface area (Å²) in [5.74, 6) is -5.37. The second-order valence-corrected chi connectivity index (χ2v) is 8.64. The third-order valence-corrected chi connectivity index (χ3v) is 5.46. The smallest absolute Gasteiger partial charge is 0.475 e. The number of carbonyl (C=O) groups excluding carboxylic acids is 2. The summed E-state index contributed by atoms with van der Waals surface area (Å²) in [4.78, 5) is 46.7. The van der Waals surface area contributed by atoms with Crippen LogP contribution in [0.4, 0.5) is 13.2 Å². The Morgan fingerprint density at radius 2 is 1.76 bits per heavy atom. The summed E-state index contributed by atoms with van der Waals surface area (Å²) in [6, 6.07) is 3.35. The van der Waals surface area contributed by atoms with E-state index in [1.54, 1.807) is 23.1 Å². The summed E-state index contributed by atoms with van der Waals surface area (Å²) in [7, 11) is 0. The minimum Gasteiger partial charge on any atom is -0.475 e. The van der Waals surface area contributed by atoms with Gasteiger partial charge in [-0.2, -0.15) is 13.2 Å². The summed E-state index contributed by atoms with van der Waals surface area (Å²) >= 11 is 12.1. The molecule has 3 atom stereocenters. The van der Waals surface area contributed by atoms with Crippen LogP contribution in [0, 0.1) is 0 Å². The van der Waals surface area contributed by atoms with Gasteiger partial charge < -0.3 is 30.9 Å². The molecule has 0 saturated carbocycles. The fourth-order valence-electron chi connectivity index (χ4n) is 3.22. The molecule has 5 N–H and O–H groups in total. The monoisotopic (exact) mass is 571 g/mol. The molecule has 206 valence electrons. The van der Waals surface area contributed by atoms with Crippen LogP contribution in [0.15, 0.2) is 30.0 Å². The van der Waals surface area contributed by atoms with E-state index in [0.29, 0.717) is 36.0 Å². The van der Waals surface area contributed by atoms with Crippen LogP contribution in [0.2, 0.25) is 10.0 Å². The molecule has 0 unspecified atom stereocenters. The zero-order valence-corrected chi connectivity index (χ0v) is 21.2. The van der Waals surface area contributed by atoms with Crippen LogP contribution < -0.4 is 11.1 Å². The van der Waals surface area contributed by atoms with Crippen LogP contribution in [0.25, 0.3) is 0 Å². The maximum absolute atomic E-state index is 13.3. The van der Waals surface area contributed by atoms with Gasteiger partial charge in [0.1, 0.15) is 0 Å². The van der Waals surface area contributed by atoms with Crippen molar-refractivity contribution in [3.05, 3.63) is 45.6 Å². The van der Waals surface area contributed by atoms with Gasteiger partial charge in [-0.15, -0.1) is 0 Å². The number of nitrogens with zero attached hydrogens (tertiary/aromatic N) is 1. The van der Waals surface area contributed by atoms with Gasteiger partial charge in [0.05, 0.1) is 12.1 Å². The Kier molecular flexibility index (Phi) is 12.2. The number of nitrogens with two attached hydrogens (primary N) is 1. The molecule has 37 heavy (non-hydrogen) atoms. The number of rotatable bonds is 8. The zero-order valence-electron chi connectivity index (χ0n) is 19.7. The molecule has 15 heteroatoms. The van der Waals surface area contributed by atoms with Crippen LogP contribution in [-0.2, 0) is 30.3 Å². The Balaban J connectivity index is 0.000000856. The van der Waals surface area contributed by atoms with Gasteiger partial charge in [-0.25, -0.2) is 9.59 Å². The van der Waals surface area contributed by atoms with E-state index in [9.17, 15) is 32.7 Å². The lowest BCUT2D eigenvalue weighted by Gasteiger charge is -2.37. The summed E-state index contributed by atoms with van der Waals surface area (Å²) in [5, 5.41) is 20.0. The quantitative estimate of drug-likeness (QED) is 0.370. The van der Waals surface area contributed by atoms with E-state index in [2.05, 4.69) is 5.32 Å². The number of amides is 2. The van der Waals surface area contributed by atoms with Gasteiger partial charge in [-0.05, 0) is 36.6 Å². The van der Waals surface area contributed by atoms with Gasteiger partial charge in [-0.3, -0.25) is 9.59 Å². The molecule has 0 aromatic heterocycles. The van der Waals surface area contributed by atoms with Crippen molar-refractivity contribution < 1.29 is 47.3 Å². The fraction of sp³-hybridized carbons (Fsp3) is 0.455. The predicted octanol–water partition coefficient (Wildman–Crippen LogP) is 2.61. The molecule has 1 aromatic rings. The summed E-state index contributed by atoms with van der Waals surface area (Å²) in [6.07, 6.45) is -4.02. The normalized spacial score (nSPS) is 18.9. The fourth-order valence-corrected chi connectivity index (χ4v) is 3.73. The number of nitrogens with one attached hydrogen (secondary N) is 1. The van der Waals surface area contributed by atoms with Crippen molar-refractivity contribution in [1.29, 1.82) is 0 Å². The highest BCUT2D eigenvalue weighted by atomic mass is 35.5.